The Hall–Kier alpha value is -3.97. The van der Waals surface area contributed by atoms with Gasteiger partial charge < -0.3 is 19.5 Å². The Balaban J connectivity index is 1.44. The Morgan fingerprint density at radius 1 is 1.19 bits per heavy atom. The van der Waals surface area contributed by atoms with Gasteiger partial charge in [-0.2, -0.15) is 5.26 Å². The number of fused-ring (bicyclic) bond motifs is 4. The summed E-state index contributed by atoms with van der Waals surface area (Å²) in [5.74, 6) is 1.52. The zero-order valence-electron chi connectivity index (χ0n) is 20.1. The molecule has 0 radical (unpaired) electrons. The van der Waals surface area contributed by atoms with Crippen molar-refractivity contribution in [1.82, 2.24) is 24.9 Å². The second-order valence-corrected chi connectivity index (χ2v) is 9.79. The Morgan fingerprint density at radius 3 is 2.76 bits per heavy atom. The number of ether oxygens (including phenoxy) is 1. The third-order valence-corrected chi connectivity index (χ3v) is 7.60. The number of hydrogen-bond donors (Lipinski definition) is 2. The van der Waals surface area contributed by atoms with E-state index in [1.807, 2.05) is 13.0 Å². The summed E-state index contributed by atoms with van der Waals surface area (Å²) in [6.45, 7) is 2.17. The molecule has 0 unspecified atom stereocenters. The summed E-state index contributed by atoms with van der Waals surface area (Å²) >= 11 is 6.50. The highest BCUT2D eigenvalue weighted by Gasteiger charge is 2.48. The second kappa shape index (κ2) is 9.48. The monoisotopic (exact) mass is 517 g/mol. The van der Waals surface area contributed by atoms with Crippen LogP contribution in [0.4, 0.5) is 5.82 Å². The van der Waals surface area contributed by atoms with E-state index in [0.29, 0.717) is 46.7 Å². The fraction of sp³-hybridized carbons (Fsp3) is 0.385. The summed E-state index contributed by atoms with van der Waals surface area (Å²) in [5, 5.41) is 12.9. The predicted molar refractivity (Wildman–Crippen MR) is 135 cm³/mol. The van der Waals surface area contributed by atoms with Gasteiger partial charge in [0.25, 0.3) is 0 Å². The smallest absolute Gasteiger partial charge is 0.311 e. The van der Waals surface area contributed by atoms with Crippen LogP contribution < -0.4 is 5.32 Å². The number of carbonyl (C=O) groups excluding carboxylic acids is 1. The molecule has 3 fully saturated rings. The van der Waals surface area contributed by atoms with Crippen LogP contribution in [0.5, 0.6) is 0 Å². The van der Waals surface area contributed by atoms with Crippen molar-refractivity contribution in [1.29, 1.82) is 5.26 Å². The van der Waals surface area contributed by atoms with Gasteiger partial charge in [-0.15, -0.1) is 0 Å². The van der Waals surface area contributed by atoms with Crippen LogP contribution in [-0.2, 0) is 9.53 Å². The molecular formula is C26H24ClN7O3. The van der Waals surface area contributed by atoms with Gasteiger partial charge in [-0.3, -0.25) is 4.79 Å². The van der Waals surface area contributed by atoms with Crippen molar-refractivity contribution in [2.24, 2.45) is 17.8 Å². The van der Waals surface area contributed by atoms with Gasteiger partial charge >= 0.3 is 5.97 Å². The van der Waals surface area contributed by atoms with E-state index in [1.165, 1.54) is 0 Å². The van der Waals surface area contributed by atoms with Crippen molar-refractivity contribution >= 4 is 34.6 Å². The van der Waals surface area contributed by atoms with Crippen molar-refractivity contribution in [3.8, 4) is 29.0 Å². The van der Waals surface area contributed by atoms with E-state index in [4.69, 9.17) is 25.7 Å². The van der Waals surface area contributed by atoms with Gasteiger partial charge in [0.2, 0.25) is 5.76 Å². The van der Waals surface area contributed by atoms with E-state index in [0.717, 1.165) is 25.7 Å². The normalized spacial score (nSPS) is 22.6. The molecule has 2 N–H and O–H groups in total. The first-order valence-corrected chi connectivity index (χ1v) is 12.8. The molecule has 188 valence electrons. The number of carbonyl (C=O) groups is 1. The summed E-state index contributed by atoms with van der Waals surface area (Å²) in [5.41, 5.74) is 1.94. The van der Waals surface area contributed by atoms with Gasteiger partial charge in [0, 0.05) is 18.3 Å². The number of furan rings is 1. The number of anilines is 1. The lowest BCUT2D eigenvalue weighted by Crippen LogP contribution is -2.52. The lowest BCUT2D eigenvalue weighted by Gasteiger charge is -2.47. The number of aromatic amines is 1. The van der Waals surface area contributed by atoms with Crippen LogP contribution in [0, 0.1) is 29.1 Å². The first kappa shape index (κ1) is 23.4. The topological polar surface area (TPSA) is 143 Å². The van der Waals surface area contributed by atoms with Crippen molar-refractivity contribution in [3.05, 3.63) is 41.4 Å². The lowest BCUT2D eigenvalue weighted by atomic mass is 9.61. The summed E-state index contributed by atoms with van der Waals surface area (Å²) in [6, 6.07) is 8.66. The number of nitrogens with one attached hydrogen (secondary N) is 2. The minimum atomic E-state index is -0.248. The van der Waals surface area contributed by atoms with Gasteiger partial charge in [0.05, 0.1) is 12.5 Å². The Bertz CT molecular complexity index is 1520. The molecule has 4 heterocycles. The standard InChI is InChI=1S/C26H24ClN7O3/c1-2-36-26(35)20-13-3-5-14(6-4-13)21(20)32-19-11-17(18-8-7-15(12-28)37-18)31-25(33-19)22-23(27)30-16-9-10-29-24(16)34-22/h7-11,13-14,20-21H,2-6H2,1H3,(H,29,34)(H,31,32,33)/t13?,14?,20-,21-/m0/s1. The molecule has 2 bridgehead atoms. The summed E-state index contributed by atoms with van der Waals surface area (Å²) < 4.78 is 11.1. The fourth-order valence-corrected chi connectivity index (χ4v) is 5.90. The van der Waals surface area contributed by atoms with Crippen molar-refractivity contribution in [2.75, 3.05) is 11.9 Å². The summed E-state index contributed by atoms with van der Waals surface area (Å²) in [6.07, 6.45) is 5.88. The average molecular weight is 518 g/mol. The van der Waals surface area contributed by atoms with Gasteiger partial charge in [0.15, 0.2) is 22.4 Å². The Labute approximate surface area is 217 Å². The quantitative estimate of drug-likeness (QED) is 0.338. The minimum absolute atomic E-state index is 0.124. The van der Waals surface area contributed by atoms with Gasteiger partial charge in [-0.05, 0) is 62.6 Å². The molecule has 37 heavy (non-hydrogen) atoms. The van der Waals surface area contributed by atoms with Crippen LogP contribution in [0.3, 0.4) is 0 Å². The lowest BCUT2D eigenvalue weighted by molar-refractivity contribution is -0.154. The molecule has 2 atom stereocenters. The fourth-order valence-electron chi connectivity index (χ4n) is 5.69. The van der Waals surface area contributed by atoms with Crippen LogP contribution in [0.15, 0.2) is 34.9 Å². The predicted octanol–water partition coefficient (Wildman–Crippen LogP) is 4.98. The van der Waals surface area contributed by atoms with Gasteiger partial charge in [-0.25, -0.2) is 19.9 Å². The third kappa shape index (κ3) is 4.29. The highest BCUT2D eigenvalue weighted by molar-refractivity contribution is 6.32. The summed E-state index contributed by atoms with van der Waals surface area (Å²) in [7, 11) is 0. The van der Waals surface area contributed by atoms with E-state index in [-0.39, 0.29) is 40.6 Å². The Morgan fingerprint density at radius 2 is 2.00 bits per heavy atom. The first-order valence-electron chi connectivity index (χ1n) is 12.4. The molecule has 4 aromatic rings. The molecule has 0 aromatic carbocycles. The first-order chi connectivity index (χ1) is 18.0. The highest BCUT2D eigenvalue weighted by atomic mass is 35.5. The number of nitriles is 1. The van der Waals surface area contributed by atoms with Crippen LogP contribution >= 0.6 is 11.6 Å². The summed E-state index contributed by atoms with van der Waals surface area (Å²) in [4.78, 5) is 34.4. The molecule has 3 aliphatic rings. The maximum Gasteiger partial charge on any atom is 0.311 e. The van der Waals surface area contributed by atoms with Crippen molar-refractivity contribution in [2.45, 2.75) is 38.6 Å². The maximum absolute atomic E-state index is 13.0. The number of hydrogen-bond acceptors (Lipinski definition) is 9. The number of H-pyrrole nitrogens is 1. The number of rotatable bonds is 6. The molecule has 3 saturated carbocycles. The number of esters is 1. The molecule has 3 aliphatic carbocycles. The number of nitrogens with zero attached hydrogens (tertiary/aromatic N) is 5. The third-order valence-electron chi connectivity index (χ3n) is 7.34. The molecular weight excluding hydrogens is 494 g/mol. The molecule has 7 rings (SSSR count). The van der Waals surface area contributed by atoms with E-state index in [1.54, 1.807) is 30.5 Å². The molecule has 11 heteroatoms. The van der Waals surface area contributed by atoms with Gasteiger partial charge in [0.1, 0.15) is 28.8 Å². The maximum atomic E-state index is 13.0. The SMILES string of the molecule is CCOC(=O)[C@H]1C2CCC(CC2)[C@@H]1Nc1cc(-c2ccc(C#N)o2)nc(-c2nc3[nH]ccc3nc2Cl)n1. The van der Waals surface area contributed by atoms with Crippen LogP contribution in [0.1, 0.15) is 38.4 Å². The second-order valence-electron chi connectivity index (χ2n) is 9.44. The van der Waals surface area contributed by atoms with Crippen molar-refractivity contribution in [3.63, 3.8) is 0 Å². The minimum Gasteiger partial charge on any atom is -0.466 e. The largest absolute Gasteiger partial charge is 0.466 e. The highest BCUT2D eigenvalue weighted by Crippen LogP contribution is 2.47. The molecule has 0 aliphatic heterocycles. The Kier molecular flexibility index (Phi) is 6.00. The van der Waals surface area contributed by atoms with Gasteiger partial charge in [-0.1, -0.05) is 11.6 Å². The van der Waals surface area contributed by atoms with Crippen molar-refractivity contribution < 1.29 is 13.9 Å². The number of halogens is 1. The van der Waals surface area contributed by atoms with Crippen LogP contribution in [0.2, 0.25) is 5.15 Å². The number of aromatic nitrogens is 5. The van der Waals surface area contributed by atoms with E-state index in [9.17, 15) is 10.1 Å². The van der Waals surface area contributed by atoms with Crippen LogP contribution in [0.25, 0.3) is 34.1 Å². The molecule has 0 spiro atoms. The molecule has 10 nitrogen and oxygen atoms in total. The van der Waals surface area contributed by atoms with E-state index >= 15 is 0 Å². The molecule has 0 amide bonds. The average Bonchev–Trinajstić information content (AvgIpc) is 3.58. The van der Waals surface area contributed by atoms with Crippen LogP contribution in [-0.4, -0.2) is 43.5 Å². The molecule has 4 aromatic heterocycles. The van der Waals surface area contributed by atoms with E-state index in [2.05, 4.69) is 25.3 Å². The van der Waals surface area contributed by atoms with E-state index < -0.39 is 0 Å². The molecule has 0 saturated heterocycles. The zero-order valence-corrected chi connectivity index (χ0v) is 20.8. The zero-order chi connectivity index (χ0) is 25.5.